The summed E-state index contributed by atoms with van der Waals surface area (Å²) < 4.78 is 0. The summed E-state index contributed by atoms with van der Waals surface area (Å²) in [5.41, 5.74) is 0.707. The van der Waals surface area contributed by atoms with Gasteiger partial charge in [-0.3, -0.25) is 4.79 Å². The third kappa shape index (κ3) is 2.54. The molecule has 1 aliphatic heterocycles. The van der Waals surface area contributed by atoms with Crippen molar-refractivity contribution in [2.45, 2.75) is 39.7 Å². The van der Waals surface area contributed by atoms with Crippen molar-refractivity contribution >= 4 is 5.91 Å². The van der Waals surface area contributed by atoms with E-state index in [1.54, 1.807) is 0 Å². The molecule has 1 aromatic rings. The molecule has 2 atom stereocenters. The van der Waals surface area contributed by atoms with E-state index in [1.807, 2.05) is 23.1 Å². The first-order chi connectivity index (χ1) is 8.75. The minimum absolute atomic E-state index is 0.124. The molecule has 1 radical (unpaired) electrons. The Bertz CT molecular complexity index is 460. The van der Waals surface area contributed by atoms with Crippen molar-refractivity contribution in [3.8, 4) is 0 Å². The van der Waals surface area contributed by atoms with Crippen LogP contribution in [-0.4, -0.2) is 22.9 Å². The maximum Gasteiger partial charge on any atom is 0.229 e. The third-order valence-corrected chi connectivity index (χ3v) is 4.26. The first-order valence-electron chi connectivity index (χ1n) is 6.94. The van der Waals surface area contributed by atoms with Crippen molar-refractivity contribution in [2.75, 3.05) is 6.54 Å². The molecule has 0 aliphatic carbocycles. The molecule has 1 aromatic carbocycles. The third-order valence-electron chi connectivity index (χ3n) is 4.26. The number of hydrogen-bond donors (Lipinski definition) is 0. The molecule has 0 spiro atoms. The van der Waals surface area contributed by atoms with Crippen LogP contribution in [0.15, 0.2) is 30.3 Å². The molecule has 2 rings (SSSR count). The van der Waals surface area contributed by atoms with Gasteiger partial charge in [-0.2, -0.15) is 0 Å². The second-order valence-electron chi connectivity index (χ2n) is 6.86. The van der Waals surface area contributed by atoms with Crippen LogP contribution in [0.3, 0.4) is 0 Å². The number of amides is 1. The van der Waals surface area contributed by atoms with Crippen LogP contribution in [0.2, 0.25) is 0 Å². The molecule has 19 heavy (non-hydrogen) atoms. The second kappa shape index (κ2) is 4.66. The van der Waals surface area contributed by atoms with Crippen molar-refractivity contribution in [1.82, 2.24) is 4.90 Å². The number of rotatable bonds is 2. The Morgan fingerprint density at radius 1 is 1.32 bits per heavy atom. The zero-order valence-electron chi connectivity index (χ0n) is 12.4. The Morgan fingerprint density at radius 3 is 2.37 bits per heavy atom. The lowest BCUT2D eigenvalue weighted by molar-refractivity contribution is -0.139. The average Bonchev–Trinajstić information content (AvgIpc) is 2.55. The molecule has 0 unspecified atom stereocenters. The van der Waals surface area contributed by atoms with Crippen LogP contribution in [0.25, 0.3) is 0 Å². The minimum Gasteiger partial charge on any atom is -0.337 e. The fraction of sp³-hybridized carbons (Fsp3) is 0.529. The first kappa shape index (κ1) is 14.1. The van der Waals surface area contributed by atoms with Gasteiger partial charge in [0.05, 0.1) is 5.41 Å². The van der Waals surface area contributed by atoms with Gasteiger partial charge in [-0.25, -0.2) is 0 Å². The fourth-order valence-corrected chi connectivity index (χ4v) is 2.81. The van der Waals surface area contributed by atoms with E-state index in [1.165, 1.54) is 5.56 Å². The highest BCUT2D eigenvalue weighted by Gasteiger charge is 2.50. The highest BCUT2D eigenvalue weighted by molar-refractivity contribution is 5.86. The lowest BCUT2D eigenvalue weighted by Gasteiger charge is -2.33. The molecule has 1 fully saturated rings. The van der Waals surface area contributed by atoms with Crippen molar-refractivity contribution < 1.29 is 4.79 Å². The van der Waals surface area contributed by atoms with Crippen molar-refractivity contribution in [1.29, 1.82) is 0 Å². The fourth-order valence-electron chi connectivity index (χ4n) is 2.81. The predicted molar refractivity (Wildman–Crippen MR) is 78.6 cm³/mol. The summed E-state index contributed by atoms with van der Waals surface area (Å²) in [6, 6.07) is 10.2. The second-order valence-corrected chi connectivity index (χ2v) is 6.86. The molecule has 0 N–H and O–H groups in total. The predicted octanol–water partition coefficient (Wildman–Crippen LogP) is 3.33. The Balaban J connectivity index is 2.26. The van der Waals surface area contributed by atoms with Crippen LogP contribution in [0.4, 0.5) is 0 Å². The topological polar surface area (TPSA) is 20.3 Å². The maximum atomic E-state index is 12.8. The summed E-state index contributed by atoms with van der Waals surface area (Å²) in [6.45, 7) is 13.3. The van der Waals surface area contributed by atoms with E-state index < -0.39 is 0 Å². The molecule has 2 heteroatoms. The molecular weight excluding hydrogens is 234 g/mol. The summed E-state index contributed by atoms with van der Waals surface area (Å²) in [4.78, 5) is 14.8. The van der Waals surface area contributed by atoms with Gasteiger partial charge in [-0.1, -0.05) is 37.3 Å². The molecular formula is C17H24NO. The number of carbonyl (C=O) groups is 1. The van der Waals surface area contributed by atoms with Gasteiger partial charge >= 0.3 is 0 Å². The summed E-state index contributed by atoms with van der Waals surface area (Å²) in [7, 11) is 0. The molecule has 1 aliphatic rings. The summed E-state index contributed by atoms with van der Waals surface area (Å²) >= 11 is 0. The molecule has 0 aromatic heterocycles. The van der Waals surface area contributed by atoms with E-state index in [-0.39, 0.29) is 22.8 Å². The number of likely N-dealkylation sites (tertiary alicyclic amines) is 1. The smallest absolute Gasteiger partial charge is 0.229 e. The Kier molecular flexibility index (Phi) is 3.46. The van der Waals surface area contributed by atoms with Gasteiger partial charge in [0.1, 0.15) is 0 Å². The van der Waals surface area contributed by atoms with E-state index in [2.05, 4.69) is 46.8 Å². The lowest BCUT2D eigenvalue weighted by Crippen LogP contribution is -2.45. The molecule has 1 saturated heterocycles. The lowest BCUT2D eigenvalue weighted by atomic mass is 9.75. The largest absolute Gasteiger partial charge is 0.337 e. The van der Waals surface area contributed by atoms with Crippen LogP contribution >= 0.6 is 0 Å². The SMILES string of the molecule is [CH2][C@H]1CN(C(C)(C)C)C(=O)[C@@]1(C)Cc1ccccc1. The summed E-state index contributed by atoms with van der Waals surface area (Å²) in [5, 5.41) is 0. The standard InChI is InChI=1S/C17H24NO/c1-13-12-18(16(2,3)4)15(19)17(13,5)11-14-9-7-6-8-10-14/h6-10,13H,1,11-12H2,2-5H3/t13-,17-/m0/s1. The van der Waals surface area contributed by atoms with E-state index >= 15 is 0 Å². The molecule has 0 saturated carbocycles. The van der Waals surface area contributed by atoms with Gasteiger partial charge < -0.3 is 4.90 Å². The van der Waals surface area contributed by atoms with Gasteiger partial charge in [-0.15, -0.1) is 0 Å². The van der Waals surface area contributed by atoms with Gasteiger partial charge in [0.15, 0.2) is 0 Å². The van der Waals surface area contributed by atoms with Crippen LogP contribution in [0, 0.1) is 18.3 Å². The Morgan fingerprint density at radius 2 is 1.89 bits per heavy atom. The Hall–Kier alpha value is -1.31. The summed E-state index contributed by atoms with van der Waals surface area (Å²) in [5.74, 6) is 0.378. The van der Waals surface area contributed by atoms with E-state index in [0.717, 1.165) is 13.0 Å². The highest BCUT2D eigenvalue weighted by Crippen LogP contribution is 2.42. The highest BCUT2D eigenvalue weighted by atomic mass is 16.2. The minimum atomic E-state index is -0.380. The van der Waals surface area contributed by atoms with Crippen molar-refractivity contribution in [3.05, 3.63) is 42.8 Å². The number of carbonyl (C=O) groups excluding carboxylic acids is 1. The molecule has 1 heterocycles. The van der Waals surface area contributed by atoms with Crippen LogP contribution < -0.4 is 0 Å². The van der Waals surface area contributed by atoms with E-state index in [0.29, 0.717) is 0 Å². The zero-order chi connectivity index (χ0) is 14.3. The monoisotopic (exact) mass is 258 g/mol. The number of hydrogen-bond acceptors (Lipinski definition) is 1. The molecule has 1 amide bonds. The van der Waals surface area contributed by atoms with Crippen molar-refractivity contribution in [3.63, 3.8) is 0 Å². The van der Waals surface area contributed by atoms with Crippen LogP contribution in [0.1, 0.15) is 33.3 Å². The zero-order valence-corrected chi connectivity index (χ0v) is 12.4. The van der Waals surface area contributed by atoms with E-state index in [9.17, 15) is 4.79 Å². The summed E-state index contributed by atoms with van der Waals surface area (Å²) in [6.07, 6.45) is 0.771. The maximum absolute atomic E-state index is 12.8. The van der Waals surface area contributed by atoms with Gasteiger partial charge in [-0.05, 0) is 45.6 Å². The molecule has 2 nitrogen and oxygen atoms in total. The van der Waals surface area contributed by atoms with Crippen molar-refractivity contribution in [2.24, 2.45) is 11.3 Å². The van der Waals surface area contributed by atoms with Gasteiger partial charge in [0.2, 0.25) is 5.91 Å². The first-order valence-corrected chi connectivity index (χ1v) is 6.94. The molecule has 0 bridgehead atoms. The number of benzene rings is 1. The quantitative estimate of drug-likeness (QED) is 0.797. The van der Waals surface area contributed by atoms with Gasteiger partial charge in [0, 0.05) is 12.1 Å². The molecule has 103 valence electrons. The average molecular weight is 258 g/mol. The number of nitrogens with zero attached hydrogens (tertiary/aromatic N) is 1. The van der Waals surface area contributed by atoms with Crippen LogP contribution in [0.5, 0.6) is 0 Å². The van der Waals surface area contributed by atoms with E-state index in [4.69, 9.17) is 0 Å². The Labute approximate surface area is 116 Å². The van der Waals surface area contributed by atoms with Crippen LogP contribution in [-0.2, 0) is 11.2 Å². The van der Waals surface area contributed by atoms with Gasteiger partial charge in [0.25, 0.3) is 0 Å². The normalized spacial score (nSPS) is 27.9.